The third kappa shape index (κ3) is 2.13. The molecule has 0 amide bonds. The molecule has 98 valence electrons. The zero-order valence-electron chi connectivity index (χ0n) is 9.92. The lowest BCUT2D eigenvalue weighted by Gasteiger charge is -2.41. The molecule has 1 saturated carbocycles. The minimum atomic E-state index is -0.910. The summed E-state index contributed by atoms with van der Waals surface area (Å²) in [6.07, 6.45) is 3.61. The maximum absolute atomic E-state index is 10.8. The number of imidazole rings is 1. The van der Waals surface area contributed by atoms with E-state index in [1.54, 1.807) is 7.05 Å². The van der Waals surface area contributed by atoms with Crippen LogP contribution in [0.25, 0.3) is 0 Å². The number of aromatic nitrogens is 2. The number of aryl methyl sites for hydroxylation is 1. The minimum absolute atomic E-state index is 0.0463. The van der Waals surface area contributed by atoms with Gasteiger partial charge in [0.25, 0.3) is 0 Å². The van der Waals surface area contributed by atoms with Crippen molar-refractivity contribution in [2.45, 2.75) is 31.2 Å². The first kappa shape index (κ1) is 12.3. The molecule has 0 aromatic carbocycles. The molecular weight excluding hydrogens is 240 g/mol. The van der Waals surface area contributed by atoms with Gasteiger partial charge in [-0.05, 0) is 29.2 Å². The third-order valence-corrected chi connectivity index (χ3v) is 3.27. The number of carbonyl (C=O) groups is 1. The van der Waals surface area contributed by atoms with E-state index in [0.29, 0.717) is 12.8 Å². The number of nitrogens with zero attached hydrogens (tertiary/aromatic N) is 3. The van der Waals surface area contributed by atoms with Crippen molar-refractivity contribution >= 4 is 17.6 Å². The van der Waals surface area contributed by atoms with E-state index >= 15 is 0 Å². The van der Waals surface area contributed by atoms with Crippen molar-refractivity contribution in [2.24, 2.45) is 7.05 Å². The quantitative estimate of drug-likeness (QED) is 0.602. The molecule has 2 N–H and O–H groups in total. The van der Waals surface area contributed by atoms with Crippen LogP contribution in [0.3, 0.4) is 0 Å². The van der Waals surface area contributed by atoms with Gasteiger partial charge < -0.3 is 20.5 Å². The molecule has 1 aromatic heterocycles. The van der Waals surface area contributed by atoms with E-state index in [2.05, 4.69) is 10.3 Å². The lowest BCUT2D eigenvalue weighted by molar-refractivity contribution is -0.388. The van der Waals surface area contributed by atoms with Gasteiger partial charge in [-0.25, -0.2) is 0 Å². The van der Waals surface area contributed by atoms with Gasteiger partial charge in [0.2, 0.25) is 12.1 Å². The smallest absolute Gasteiger partial charge is 0.406 e. The van der Waals surface area contributed by atoms with Crippen molar-refractivity contribution in [3.8, 4) is 0 Å². The fraction of sp³-hybridized carbons (Fsp3) is 0.600. The minimum Gasteiger partial charge on any atom is -0.481 e. The molecule has 0 spiro atoms. The number of carboxylic acids is 1. The van der Waals surface area contributed by atoms with Gasteiger partial charge in [0, 0.05) is 12.6 Å². The summed E-state index contributed by atoms with van der Waals surface area (Å²) in [5.74, 6) is -0.915. The van der Waals surface area contributed by atoms with Crippen molar-refractivity contribution in [2.75, 3.05) is 5.32 Å². The molecule has 0 aliphatic heterocycles. The van der Waals surface area contributed by atoms with E-state index in [4.69, 9.17) is 5.11 Å². The highest BCUT2D eigenvalue weighted by Crippen LogP contribution is 2.39. The molecule has 0 unspecified atom stereocenters. The van der Waals surface area contributed by atoms with E-state index in [1.807, 2.05) is 0 Å². The maximum atomic E-state index is 10.8. The molecule has 8 nitrogen and oxygen atoms in total. The first-order chi connectivity index (χ1) is 8.43. The Morgan fingerprint density at radius 2 is 2.39 bits per heavy atom. The van der Waals surface area contributed by atoms with Crippen LogP contribution in [0.5, 0.6) is 0 Å². The van der Waals surface area contributed by atoms with Gasteiger partial charge in [-0.3, -0.25) is 9.36 Å². The number of hydrogen-bond donors (Lipinski definition) is 2. The summed E-state index contributed by atoms with van der Waals surface area (Å²) in [4.78, 5) is 24.8. The van der Waals surface area contributed by atoms with Crippen molar-refractivity contribution in [3.63, 3.8) is 0 Å². The maximum Gasteiger partial charge on any atom is 0.406 e. The lowest BCUT2D eigenvalue weighted by atomic mass is 9.74. The predicted octanol–water partition coefficient (Wildman–Crippen LogP) is 1.14. The molecular formula is C10H14N4O4. The van der Waals surface area contributed by atoms with Crippen molar-refractivity contribution in [3.05, 3.63) is 16.4 Å². The van der Waals surface area contributed by atoms with Gasteiger partial charge in [0.05, 0.1) is 6.42 Å². The van der Waals surface area contributed by atoms with Crippen LogP contribution in [-0.2, 0) is 11.8 Å². The molecule has 0 atom stereocenters. The Kier molecular flexibility index (Phi) is 2.93. The molecule has 0 bridgehead atoms. The molecule has 0 saturated heterocycles. The highest BCUT2D eigenvalue weighted by Gasteiger charge is 2.41. The Morgan fingerprint density at radius 3 is 2.83 bits per heavy atom. The van der Waals surface area contributed by atoms with Crippen molar-refractivity contribution in [1.82, 2.24) is 9.55 Å². The van der Waals surface area contributed by atoms with E-state index in [0.717, 1.165) is 6.42 Å². The molecule has 8 heteroatoms. The standard InChI is InChI=1S/C10H14N4O4/c1-13-6-11-8(14(17)18)9(13)12-10(3-2-4-10)5-7(15)16/h6,12H,2-5H2,1H3,(H,15,16). The van der Waals surface area contributed by atoms with Crippen LogP contribution >= 0.6 is 0 Å². The third-order valence-electron chi connectivity index (χ3n) is 3.27. The molecule has 2 rings (SSSR count). The predicted molar refractivity (Wildman–Crippen MR) is 62.3 cm³/mol. The molecule has 18 heavy (non-hydrogen) atoms. The Balaban J connectivity index is 2.24. The summed E-state index contributed by atoms with van der Waals surface area (Å²) in [6.45, 7) is 0. The number of nitro groups is 1. The topological polar surface area (TPSA) is 110 Å². The monoisotopic (exact) mass is 254 g/mol. The second-order valence-corrected chi connectivity index (χ2v) is 4.61. The highest BCUT2D eigenvalue weighted by atomic mass is 16.6. The van der Waals surface area contributed by atoms with Crippen LogP contribution in [0.4, 0.5) is 11.6 Å². The molecule has 1 aliphatic carbocycles. The van der Waals surface area contributed by atoms with Crippen molar-refractivity contribution < 1.29 is 14.8 Å². The Morgan fingerprint density at radius 1 is 1.72 bits per heavy atom. The van der Waals surface area contributed by atoms with Crippen LogP contribution in [-0.4, -0.2) is 31.1 Å². The number of nitrogens with one attached hydrogen (secondary N) is 1. The first-order valence-corrected chi connectivity index (χ1v) is 5.59. The highest BCUT2D eigenvalue weighted by molar-refractivity contribution is 5.70. The van der Waals surface area contributed by atoms with Gasteiger partial charge in [-0.15, -0.1) is 0 Å². The Labute approximate surface area is 103 Å². The largest absolute Gasteiger partial charge is 0.481 e. The molecule has 1 aliphatic rings. The molecule has 1 heterocycles. The second kappa shape index (κ2) is 4.28. The van der Waals surface area contributed by atoms with Crippen LogP contribution in [0.2, 0.25) is 0 Å². The molecule has 0 radical (unpaired) electrons. The Hall–Kier alpha value is -2.12. The summed E-state index contributed by atoms with van der Waals surface area (Å²) in [6, 6.07) is 0. The fourth-order valence-electron chi connectivity index (χ4n) is 2.19. The summed E-state index contributed by atoms with van der Waals surface area (Å²) >= 11 is 0. The number of hydrogen-bond acceptors (Lipinski definition) is 5. The zero-order valence-corrected chi connectivity index (χ0v) is 9.92. The van der Waals surface area contributed by atoms with Gasteiger partial charge in [-0.1, -0.05) is 0 Å². The summed E-state index contributed by atoms with van der Waals surface area (Å²) in [5, 5.41) is 22.7. The number of carboxylic acid groups (broad SMARTS) is 1. The van der Waals surface area contributed by atoms with Crippen LogP contribution in [0.15, 0.2) is 6.33 Å². The average Bonchev–Trinajstić information content (AvgIpc) is 2.56. The zero-order chi connectivity index (χ0) is 13.3. The van der Waals surface area contributed by atoms with Gasteiger partial charge in [-0.2, -0.15) is 0 Å². The van der Waals surface area contributed by atoms with Crippen LogP contribution in [0.1, 0.15) is 25.7 Å². The number of rotatable bonds is 5. The fourth-order valence-corrected chi connectivity index (χ4v) is 2.19. The van der Waals surface area contributed by atoms with E-state index in [9.17, 15) is 14.9 Å². The van der Waals surface area contributed by atoms with Crippen molar-refractivity contribution in [1.29, 1.82) is 0 Å². The van der Waals surface area contributed by atoms with Gasteiger partial charge in [0.15, 0.2) is 0 Å². The first-order valence-electron chi connectivity index (χ1n) is 5.59. The van der Waals surface area contributed by atoms with E-state index < -0.39 is 16.4 Å². The Bertz CT molecular complexity index is 492. The number of aliphatic carboxylic acids is 1. The normalized spacial score (nSPS) is 16.9. The average molecular weight is 254 g/mol. The van der Waals surface area contributed by atoms with Crippen LogP contribution < -0.4 is 5.32 Å². The lowest BCUT2D eigenvalue weighted by Crippen LogP contribution is -2.47. The molecule has 1 aromatic rings. The second-order valence-electron chi connectivity index (χ2n) is 4.61. The SMILES string of the molecule is Cn1cnc([N+](=O)[O-])c1NC1(CC(=O)O)CCC1. The van der Waals surface area contributed by atoms with E-state index in [-0.39, 0.29) is 18.1 Å². The summed E-state index contributed by atoms with van der Waals surface area (Å²) in [5.41, 5.74) is -0.579. The van der Waals surface area contributed by atoms with Gasteiger partial charge in [0.1, 0.15) is 0 Å². The summed E-state index contributed by atoms with van der Waals surface area (Å²) < 4.78 is 1.50. The number of anilines is 1. The summed E-state index contributed by atoms with van der Waals surface area (Å²) in [7, 11) is 1.63. The van der Waals surface area contributed by atoms with Crippen LogP contribution in [0, 0.1) is 10.1 Å². The molecule has 1 fully saturated rings. The van der Waals surface area contributed by atoms with Gasteiger partial charge >= 0.3 is 11.8 Å². The van der Waals surface area contributed by atoms with E-state index in [1.165, 1.54) is 10.9 Å².